The van der Waals surface area contributed by atoms with Crippen LogP contribution >= 0.6 is 11.3 Å². The summed E-state index contributed by atoms with van der Waals surface area (Å²) in [5.41, 5.74) is 1.85. The molecule has 2 amide bonds. The van der Waals surface area contributed by atoms with Crippen LogP contribution in [-0.4, -0.2) is 41.9 Å². The number of nitrogens with one attached hydrogen (secondary N) is 1. The fourth-order valence-electron chi connectivity index (χ4n) is 3.81. The monoisotopic (exact) mass is 412 g/mol. The van der Waals surface area contributed by atoms with Gasteiger partial charge in [0.25, 0.3) is 5.91 Å². The number of piperidine rings is 1. The summed E-state index contributed by atoms with van der Waals surface area (Å²) in [6.45, 7) is 3.55. The van der Waals surface area contributed by atoms with Crippen LogP contribution in [0.25, 0.3) is 0 Å². The van der Waals surface area contributed by atoms with E-state index in [1.165, 1.54) is 5.56 Å². The molecule has 2 fully saturated rings. The quantitative estimate of drug-likeness (QED) is 0.751. The number of hydrogen-bond acceptors (Lipinski definition) is 4. The molecule has 0 radical (unpaired) electrons. The molecule has 5 nitrogen and oxygen atoms in total. The van der Waals surface area contributed by atoms with Gasteiger partial charge in [-0.1, -0.05) is 6.07 Å². The average molecular weight is 413 g/mol. The minimum Gasteiger partial charge on any atom is -0.490 e. The van der Waals surface area contributed by atoms with Crippen LogP contribution in [0.15, 0.2) is 41.1 Å². The predicted molar refractivity (Wildman–Crippen MR) is 114 cm³/mol. The Morgan fingerprint density at radius 1 is 1.21 bits per heavy atom. The van der Waals surface area contributed by atoms with E-state index >= 15 is 0 Å². The third-order valence-corrected chi connectivity index (χ3v) is 6.31. The van der Waals surface area contributed by atoms with Crippen molar-refractivity contribution in [3.8, 4) is 5.75 Å². The molecule has 1 saturated carbocycles. The topological polar surface area (TPSA) is 58.6 Å². The fourth-order valence-corrected chi connectivity index (χ4v) is 4.49. The summed E-state index contributed by atoms with van der Waals surface area (Å²) in [4.78, 5) is 26.8. The first-order valence-electron chi connectivity index (χ1n) is 10.5. The molecule has 154 valence electrons. The molecule has 0 unspecified atom stereocenters. The molecule has 1 atom stereocenters. The van der Waals surface area contributed by atoms with E-state index in [4.69, 9.17) is 4.74 Å². The third kappa shape index (κ3) is 5.38. The Morgan fingerprint density at radius 3 is 2.69 bits per heavy atom. The number of ether oxygens (including phenoxy) is 1. The van der Waals surface area contributed by atoms with E-state index in [1.807, 2.05) is 36.1 Å². The number of carbonyl (C=O) groups excluding carboxylic acids is 2. The Balaban J connectivity index is 1.28. The van der Waals surface area contributed by atoms with Gasteiger partial charge in [0.05, 0.1) is 0 Å². The standard InChI is InChI=1S/C23H28N2O3S/c1-16(13-17-9-12-29-15-17)24-22(26)19-3-2-4-21(14-19)28-20-7-10-25(11-8-20)23(27)18-5-6-18/h2-4,9,12,14-16,18,20H,5-8,10-11,13H2,1H3,(H,24,26)/t16-/m0/s1. The first-order valence-corrected chi connectivity index (χ1v) is 11.4. The molecule has 0 spiro atoms. The molecule has 1 aliphatic carbocycles. The highest BCUT2D eigenvalue weighted by molar-refractivity contribution is 7.07. The smallest absolute Gasteiger partial charge is 0.251 e. The third-order valence-electron chi connectivity index (χ3n) is 5.58. The summed E-state index contributed by atoms with van der Waals surface area (Å²) in [6.07, 6.45) is 4.70. The lowest BCUT2D eigenvalue weighted by molar-refractivity contribution is -0.134. The molecule has 1 N–H and O–H groups in total. The van der Waals surface area contributed by atoms with Gasteiger partial charge >= 0.3 is 0 Å². The summed E-state index contributed by atoms with van der Waals surface area (Å²) in [5.74, 6) is 1.24. The van der Waals surface area contributed by atoms with Crippen LogP contribution in [0.3, 0.4) is 0 Å². The predicted octanol–water partition coefficient (Wildman–Crippen LogP) is 3.89. The number of amides is 2. The van der Waals surface area contributed by atoms with Gasteiger partial charge < -0.3 is 15.0 Å². The first kappa shape index (κ1) is 20.0. The van der Waals surface area contributed by atoms with Crippen LogP contribution in [-0.2, 0) is 11.2 Å². The zero-order valence-electron chi connectivity index (χ0n) is 16.8. The number of rotatable bonds is 7. The number of likely N-dealkylation sites (tertiary alicyclic amines) is 1. The Kier molecular flexibility index (Phi) is 6.19. The van der Waals surface area contributed by atoms with E-state index in [0.717, 1.165) is 50.9 Å². The molecule has 2 aromatic rings. The Bertz CT molecular complexity index is 840. The molecule has 6 heteroatoms. The van der Waals surface area contributed by atoms with Crippen molar-refractivity contribution in [2.24, 2.45) is 5.92 Å². The van der Waals surface area contributed by atoms with E-state index in [1.54, 1.807) is 11.3 Å². The summed E-state index contributed by atoms with van der Waals surface area (Å²) in [7, 11) is 0. The van der Waals surface area contributed by atoms with Gasteiger partial charge in [-0.3, -0.25) is 9.59 Å². The van der Waals surface area contributed by atoms with Gasteiger partial charge in [-0.05, 0) is 66.8 Å². The largest absolute Gasteiger partial charge is 0.490 e. The summed E-state index contributed by atoms with van der Waals surface area (Å²) >= 11 is 1.67. The van der Waals surface area contributed by atoms with Crippen molar-refractivity contribution in [2.45, 2.75) is 51.2 Å². The van der Waals surface area contributed by atoms with E-state index in [2.05, 4.69) is 22.1 Å². The number of carbonyl (C=O) groups is 2. The second-order valence-electron chi connectivity index (χ2n) is 8.15. The van der Waals surface area contributed by atoms with Crippen molar-refractivity contribution in [3.63, 3.8) is 0 Å². The number of benzene rings is 1. The highest BCUT2D eigenvalue weighted by atomic mass is 32.1. The fraction of sp³-hybridized carbons (Fsp3) is 0.478. The molecular formula is C23H28N2O3S. The second-order valence-corrected chi connectivity index (χ2v) is 8.93. The summed E-state index contributed by atoms with van der Waals surface area (Å²) < 4.78 is 6.12. The Hall–Kier alpha value is -2.34. The highest BCUT2D eigenvalue weighted by Crippen LogP contribution is 2.32. The lowest BCUT2D eigenvalue weighted by atomic mass is 10.1. The molecule has 1 aromatic heterocycles. The van der Waals surface area contributed by atoms with Crippen molar-refractivity contribution in [2.75, 3.05) is 13.1 Å². The van der Waals surface area contributed by atoms with Crippen LogP contribution in [0.1, 0.15) is 48.5 Å². The second kappa shape index (κ2) is 8.99. The molecule has 1 saturated heterocycles. The van der Waals surface area contributed by atoms with Crippen LogP contribution in [0.5, 0.6) is 5.75 Å². The normalized spacial score (nSPS) is 18.3. The Morgan fingerprint density at radius 2 is 2.00 bits per heavy atom. The minimum absolute atomic E-state index is 0.0648. The van der Waals surface area contributed by atoms with Crippen molar-refractivity contribution in [3.05, 3.63) is 52.2 Å². The van der Waals surface area contributed by atoms with Crippen LogP contribution in [0.4, 0.5) is 0 Å². The van der Waals surface area contributed by atoms with E-state index in [0.29, 0.717) is 11.5 Å². The van der Waals surface area contributed by atoms with Crippen molar-refractivity contribution in [1.82, 2.24) is 10.2 Å². The van der Waals surface area contributed by atoms with Crippen LogP contribution in [0, 0.1) is 5.92 Å². The zero-order valence-corrected chi connectivity index (χ0v) is 17.6. The van der Waals surface area contributed by atoms with Gasteiger partial charge in [0.2, 0.25) is 5.91 Å². The van der Waals surface area contributed by atoms with Crippen LogP contribution in [0.2, 0.25) is 0 Å². The maximum atomic E-state index is 12.6. The van der Waals surface area contributed by atoms with Crippen LogP contribution < -0.4 is 10.1 Å². The SMILES string of the molecule is C[C@@H](Cc1ccsc1)NC(=O)c1cccc(OC2CCN(C(=O)C3CC3)CC2)c1. The molecule has 1 aliphatic heterocycles. The average Bonchev–Trinajstić information content (AvgIpc) is 3.45. The van der Waals surface area contributed by atoms with Crippen molar-refractivity contribution in [1.29, 1.82) is 0 Å². The summed E-state index contributed by atoms with van der Waals surface area (Å²) in [6, 6.07) is 9.54. The van der Waals surface area contributed by atoms with Gasteiger partial charge in [0.15, 0.2) is 0 Å². The molecule has 1 aromatic carbocycles. The minimum atomic E-state index is -0.0805. The lowest BCUT2D eigenvalue weighted by Crippen LogP contribution is -2.42. The van der Waals surface area contributed by atoms with Gasteiger partial charge in [0, 0.05) is 43.5 Å². The maximum absolute atomic E-state index is 12.6. The first-order chi connectivity index (χ1) is 14.1. The zero-order chi connectivity index (χ0) is 20.2. The molecular weight excluding hydrogens is 384 g/mol. The van der Waals surface area contributed by atoms with Gasteiger partial charge in [-0.25, -0.2) is 0 Å². The molecule has 2 heterocycles. The number of nitrogens with zero attached hydrogens (tertiary/aromatic N) is 1. The molecule has 2 aliphatic rings. The van der Waals surface area contributed by atoms with Gasteiger partial charge in [0.1, 0.15) is 11.9 Å². The molecule has 4 rings (SSSR count). The lowest BCUT2D eigenvalue weighted by Gasteiger charge is -2.32. The highest BCUT2D eigenvalue weighted by Gasteiger charge is 2.35. The van der Waals surface area contributed by atoms with Gasteiger partial charge in [-0.15, -0.1) is 0 Å². The van der Waals surface area contributed by atoms with E-state index in [9.17, 15) is 9.59 Å². The van der Waals surface area contributed by atoms with E-state index in [-0.39, 0.29) is 24.0 Å². The van der Waals surface area contributed by atoms with Crippen molar-refractivity contribution < 1.29 is 14.3 Å². The number of thiophene rings is 1. The number of hydrogen-bond donors (Lipinski definition) is 1. The Labute approximate surface area is 176 Å². The summed E-state index contributed by atoms with van der Waals surface area (Å²) in [5, 5.41) is 7.23. The van der Waals surface area contributed by atoms with E-state index < -0.39 is 0 Å². The van der Waals surface area contributed by atoms with Gasteiger partial charge in [-0.2, -0.15) is 11.3 Å². The molecule has 29 heavy (non-hydrogen) atoms. The molecule has 0 bridgehead atoms. The van der Waals surface area contributed by atoms with Crippen molar-refractivity contribution >= 4 is 23.2 Å². The maximum Gasteiger partial charge on any atom is 0.251 e.